The van der Waals surface area contributed by atoms with Gasteiger partial charge in [-0.1, -0.05) is 13.0 Å². The Kier molecular flexibility index (Phi) is 12.7. The first-order chi connectivity index (χ1) is 14.8. The van der Waals surface area contributed by atoms with Crippen molar-refractivity contribution in [1.82, 2.24) is 20.5 Å². The first-order valence-corrected chi connectivity index (χ1v) is 11.5. The summed E-state index contributed by atoms with van der Waals surface area (Å²) in [5.41, 5.74) is -0.493. The fraction of sp³-hybridized carbons (Fsp3) is 0.696. The Morgan fingerprint density at radius 1 is 1.25 bits per heavy atom. The zero-order valence-corrected chi connectivity index (χ0v) is 22.6. The first-order valence-electron chi connectivity index (χ1n) is 11.5. The van der Waals surface area contributed by atoms with Gasteiger partial charge in [-0.2, -0.15) is 0 Å². The summed E-state index contributed by atoms with van der Waals surface area (Å²) >= 11 is 0. The fourth-order valence-corrected chi connectivity index (χ4v) is 3.48. The summed E-state index contributed by atoms with van der Waals surface area (Å²) < 4.78 is 5.52. The topological polar surface area (TPSA) is 82.1 Å². The molecule has 0 saturated carbocycles. The molecule has 8 nitrogen and oxygen atoms in total. The van der Waals surface area contributed by atoms with Crippen molar-refractivity contribution in [2.45, 2.75) is 65.5 Å². The van der Waals surface area contributed by atoms with Crippen molar-refractivity contribution in [3.8, 4) is 0 Å². The highest BCUT2D eigenvalue weighted by Gasteiger charge is 2.22. The molecule has 1 aliphatic heterocycles. The molecule has 2 heterocycles. The number of nitrogens with zero attached hydrogens (tertiary/aromatic N) is 4. The number of rotatable bonds is 8. The normalized spacial score (nSPS) is 15.0. The van der Waals surface area contributed by atoms with Crippen LogP contribution >= 0.6 is 24.0 Å². The second kappa shape index (κ2) is 14.4. The van der Waals surface area contributed by atoms with Gasteiger partial charge < -0.3 is 25.2 Å². The predicted molar refractivity (Wildman–Crippen MR) is 142 cm³/mol. The van der Waals surface area contributed by atoms with Crippen molar-refractivity contribution in [3.63, 3.8) is 0 Å². The molecule has 1 amide bonds. The van der Waals surface area contributed by atoms with Crippen LogP contribution in [-0.4, -0.2) is 72.8 Å². The molecule has 0 radical (unpaired) electrons. The van der Waals surface area contributed by atoms with Crippen LogP contribution in [0.4, 0.5) is 10.6 Å². The number of hydrogen-bond acceptors (Lipinski definition) is 5. The van der Waals surface area contributed by atoms with Gasteiger partial charge in [-0.25, -0.2) is 9.78 Å². The van der Waals surface area contributed by atoms with Crippen LogP contribution in [0.25, 0.3) is 0 Å². The smallest absolute Gasteiger partial charge is 0.410 e. The highest BCUT2D eigenvalue weighted by molar-refractivity contribution is 14.0. The van der Waals surface area contributed by atoms with Gasteiger partial charge >= 0.3 is 6.09 Å². The van der Waals surface area contributed by atoms with Crippen LogP contribution in [0.2, 0.25) is 0 Å². The number of piperidine rings is 1. The molecule has 0 bridgehead atoms. The van der Waals surface area contributed by atoms with Crippen molar-refractivity contribution in [2.75, 3.05) is 44.2 Å². The molecule has 0 spiro atoms. The second-order valence-corrected chi connectivity index (χ2v) is 8.82. The Morgan fingerprint density at radius 2 is 1.97 bits per heavy atom. The summed E-state index contributed by atoms with van der Waals surface area (Å²) in [5.74, 6) is 1.85. The number of aliphatic imine (C=N–C) groups is 1. The Balaban J connectivity index is 0.00000512. The van der Waals surface area contributed by atoms with Crippen LogP contribution in [0.3, 0.4) is 0 Å². The molecular formula is C23H41IN6O2. The monoisotopic (exact) mass is 560 g/mol. The van der Waals surface area contributed by atoms with Crippen molar-refractivity contribution < 1.29 is 9.53 Å². The lowest BCUT2D eigenvalue weighted by Crippen LogP contribution is -2.49. The molecule has 1 aliphatic rings. The zero-order chi connectivity index (χ0) is 22.7. The predicted octanol–water partition coefficient (Wildman–Crippen LogP) is 3.87. The van der Waals surface area contributed by atoms with Gasteiger partial charge in [-0.3, -0.25) is 4.99 Å². The molecule has 0 aromatic carbocycles. The summed E-state index contributed by atoms with van der Waals surface area (Å²) in [4.78, 5) is 25.7. The number of anilines is 1. The Morgan fingerprint density at radius 3 is 2.53 bits per heavy atom. The molecule has 0 aliphatic carbocycles. The van der Waals surface area contributed by atoms with Crippen LogP contribution in [0, 0.1) is 0 Å². The standard InChI is InChI=1S/C23H40N6O2.HI/c1-6-15-29(22(30)31-23(3,4)5)18-14-26-21(24-7-2)27-19-11-16-28(17-12-19)20-10-8-9-13-25-20;/h8-10,13,19H,6-7,11-12,14-18H2,1-5H3,(H2,24,26,27);1H. The van der Waals surface area contributed by atoms with Gasteiger partial charge in [0.05, 0.1) is 6.54 Å². The summed E-state index contributed by atoms with van der Waals surface area (Å²) in [6.07, 6.45) is 4.51. The van der Waals surface area contributed by atoms with Gasteiger partial charge in [0.25, 0.3) is 0 Å². The van der Waals surface area contributed by atoms with E-state index in [1.165, 1.54) is 0 Å². The van der Waals surface area contributed by atoms with E-state index in [2.05, 4.69) is 40.4 Å². The van der Waals surface area contributed by atoms with Crippen molar-refractivity contribution in [3.05, 3.63) is 24.4 Å². The number of ether oxygens (including phenoxy) is 1. The lowest BCUT2D eigenvalue weighted by Gasteiger charge is -2.33. The third-order valence-electron chi connectivity index (χ3n) is 4.94. The van der Waals surface area contributed by atoms with E-state index in [4.69, 9.17) is 9.73 Å². The molecular weight excluding hydrogens is 519 g/mol. The Hall–Kier alpha value is -1.78. The van der Waals surface area contributed by atoms with E-state index in [1.807, 2.05) is 39.1 Å². The van der Waals surface area contributed by atoms with E-state index in [9.17, 15) is 4.79 Å². The third kappa shape index (κ3) is 10.2. The molecule has 32 heavy (non-hydrogen) atoms. The summed E-state index contributed by atoms with van der Waals surface area (Å²) in [6, 6.07) is 6.41. The van der Waals surface area contributed by atoms with Gasteiger partial charge in [0.2, 0.25) is 0 Å². The molecule has 9 heteroatoms. The first kappa shape index (κ1) is 28.3. The highest BCUT2D eigenvalue weighted by atomic mass is 127. The number of carbonyl (C=O) groups is 1. The maximum Gasteiger partial charge on any atom is 0.410 e. The second-order valence-electron chi connectivity index (χ2n) is 8.82. The quantitative estimate of drug-likeness (QED) is 0.286. The van der Waals surface area contributed by atoms with Crippen LogP contribution in [-0.2, 0) is 4.74 Å². The molecule has 2 rings (SSSR count). The molecule has 2 N–H and O–H groups in total. The summed E-state index contributed by atoms with van der Waals surface area (Å²) in [5, 5.41) is 6.88. The highest BCUT2D eigenvalue weighted by Crippen LogP contribution is 2.17. The average molecular weight is 561 g/mol. The number of nitrogens with one attached hydrogen (secondary N) is 2. The maximum absolute atomic E-state index is 12.4. The van der Waals surface area contributed by atoms with Crippen LogP contribution in [0.15, 0.2) is 29.4 Å². The molecule has 1 aromatic rings. The van der Waals surface area contributed by atoms with E-state index in [1.54, 1.807) is 4.90 Å². The SMILES string of the molecule is CCCN(CCN=C(NCC)NC1CCN(c2ccccn2)CC1)C(=O)OC(C)(C)C.I. The molecule has 0 atom stereocenters. The van der Waals surface area contributed by atoms with Gasteiger partial charge in [-0.15, -0.1) is 24.0 Å². The van der Waals surface area contributed by atoms with E-state index < -0.39 is 5.60 Å². The number of pyridine rings is 1. The minimum absolute atomic E-state index is 0. The number of halogens is 1. The zero-order valence-electron chi connectivity index (χ0n) is 20.3. The maximum atomic E-state index is 12.4. The third-order valence-corrected chi connectivity index (χ3v) is 4.94. The lowest BCUT2D eigenvalue weighted by atomic mass is 10.1. The van der Waals surface area contributed by atoms with Crippen LogP contribution in [0.5, 0.6) is 0 Å². The van der Waals surface area contributed by atoms with Crippen LogP contribution in [0.1, 0.15) is 53.9 Å². The van der Waals surface area contributed by atoms with Crippen molar-refractivity contribution in [2.24, 2.45) is 4.99 Å². The number of guanidine groups is 1. The van der Waals surface area contributed by atoms with Crippen molar-refractivity contribution >= 4 is 41.8 Å². The number of amides is 1. The summed E-state index contributed by atoms with van der Waals surface area (Å²) in [6.45, 7) is 14.3. The molecule has 1 saturated heterocycles. The number of aromatic nitrogens is 1. The number of hydrogen-bond donors (Lipinski definition) is 2. The largest absolute Gasteiger partial charge is 0.444 e. The fourth-order valence-electron chi connectivity index (χ4n) is 3.48. The Bertz CT molecular complexity index is 687. The van der Waals surface area contributed by atoms with Crippen LogP contribution < -0.4 is 15.5 Å². The molecule has 1 aromatic heterocycles. The molecule has 0 unspecified atom stereocenters. The minimum Gasteiger partial charge on any atom is -0.444 e. The van der Waals surface area contributed by atoms with Gasteiger partial charge in [0.1, 0.15) is 11.4 Å². The number of carbonyl (C=O) groups excluding carboxylic acids is 1. The van der Waals surface area contributed by atoms with E-state index >= 15 is 0 Å². The van der Waals surface area contributed by atoms with Gasteiger partial charge in [0.15, 0.2) is 5.96 Å². The lowest BCUT2D eigenvalue weighted by molar-refractivity contribution is 0.0256. The minimum atomic E-state index is -0.493. The van der Waals surface area contributed by atoms with E-state index in [-0.39, 0.29) is 30.1 Å². The van der Waals surface area contributed by atoms with E-state index in [0.717, 1.165) is 50.7 Å². The Labute approximate surface area is 210 Å². The van der Waals surface area contributed by atoms with E-state index in [0.29, 0.717) is 25.7 Å². The van der Waals surface area contributed by atoms with Crippen molar-refractivity contribution in [1.29, 1.82) is 0 Å². The van der Waals surface area contributed by atoms with Gasteiger partial charge in [-0.05, 0) is 59.1 Å². The molecule has 182 valence electrons. The average Bonchev–Trinajstić information content (AvgIpc) is 2.73. The summed E-state index contributed by atoms with van der Waals surface area (Å²) in [7, 11) is 0. The van der Waals surface area contributed by atoms with Gasteiger partial charge in [0, 0.05) is 45.0 Å². The molecule has 1 fully saturated rings.